The van der Waals surface area contributed by atoms with Crippen LogP contribution in [-0.4, -0.2) is 43.3 Å². The lowest BCUT2D eigenvalue weighted by Gasteiger charge is -2.31. The van der Waals surface area contributed by atoms with E-state index in [2.05, 4.69) is 4.40 Å². The predicted octanol–water partition coefficient (Wildman–Crippen LogP) is 2.57. The van der Waals surface area contributed by atoms with Crippen molar-refractivity contribution in [2.75, 3.05) is 13.1 Å². The molecule has 134 valence electrons. The molecular weight excluding hydrogens is 340 g/mol. The molecule has 0 atom stereocenters. The first-order valence-electron chi connectivity index (χ1n) is 8.32. The third-order valence-corrected chi connectivity index (χ3v) is 6.52. The molecule has 0 unspecified atom stereocenters. The van der Waals surface area contributed by atoms with Crippen LogP contribution in [0.2, 0.25) is 0 Å². The number of nitrogens with zero attached hydrogens (tertiary/aromatic N) is 2. The molecule has 2 heterocycles. The van der Waals surface area contributed by atoms with E-state index in [1.165, 1.54) is 0 Å². The number of amidine groups is 1. The summed E-state index contributed by atoms with van der Waals surface area (Å²) in [4.78, 5) is 13.2. The largest absolute Gasteiger partial charge is 0.481 e. The van der Waals surface area contributed by atoms with Gasteiger partial charge in [0.1, 0.15) is 10.7 Å². The lowest BCUT2D eigenvalue weighted by Crippen LogP contribution is -2.40. The highest BCUT2D eigenvalue weighted by atomic mass is 32.2. The first-order valence-corrected chi connectivity index (χ1v) is 9.76. The Morgan fingerprint density at radius 3 is 2.36 bits per heavy atom. The Bertz CT molecular complexity index is 892. The van der Waals surface area contributed by atoms with Crippen LogP contribution in [0.15, 0.2) is 28.2 Å². The van der Waals surface area contributed by atoms with Crippen LogP contribution in [0.25, 0.3) is 4.91 Å². The smallest absolute Gasteiger partial charge is 0.306 e. The van der Waals surface area contributed by atoms with E-state index in [4.69, 9.17) is 5.11 Å². The second kappa shape index (κ2) is 6.29. The summed E-state index contributed by atoms with van der Waals surface area (Å²) in [5.74, 6) is -0.695. The maximum Gasteiger partial charge on any atom is 0.306 e. The van der Waals surface area contributed by atoms with Crippen LogP contribution in [0.1, 0.15) is 36.5 Å². The number of rotatable bonds is 2. The SMILES string of the molecule is CC1=C(c2ccc(C)c(C)c2)S(=O)(=O)N=C1N1CCC(C(=O)O)CC1. The number of aryl methyl sites for hydroxylation is 2. The van der Waals surface area contributed by atoms with Crippen molar-refractivity contribution in [3.05, 3.63) is 40.5 Å². The van der Waals surface area contributed by atoms with Crippen molar-refractivity contribution >= 4 is 26.7 Å². The van der Waals surface area contributed by atoms with Crippen LogP contribution in [0.3, 0.4) is 0 Å². The van der Waals surface area contributed by atoms with E-state index in [1.54, 1.807) is 6.92 Å². The number of benzene rings is 1. The third-order valence-electron chi connectivity index (χ3n) is 5.05. The van der Waals surface area contributed by atoms with E-state index in [0.717, 1.165) is 11.1 Å². The Hall–Kier alpha value is -2.15. The van der Waals surface area contributed by atoms with Crippen molar-refractivity contribution in [2.24, 2.45) is 10.3 Å². The van der Waals surface area contributed by atoms with E-state index in [1.807, 2.05) is 36.9 Å². The van der Waals surface area contributed by atoms with Crippen molar-refractivity contribution < 1.29 is 18.3 Å². The number of likely N-dealkylation sites (tertiary alicyclic amines) is 1. The highest BCUT2D eigenvalue weighted by Gasteiger charge is 2.35. The van der Waals surface area contributed by atoms with Gasteiger partial charge >= 0.3 is 5.97 Å². The van der Waals surface area contributed by atoms with Crippen molar-refractivity contribution in [1.29, 1.82) is 0 Å². The average Bonchev–Trinajstić information content (AvgIpc) is 2.80. The molecular formula is C18H22N2O4S. The number of hydrogen-bond acceptors (Lipinski definition) is 4. The second-order valence-corrected chi connectivity index (χ2v) is 8.28. The van der Waals surface area contributed by atoms with E-state index in [-0.39, 0.29) is 10.8 Å². The summed E-state index contributed by atoms with van der Waals surface area (Å²) >= 11 is 0. The molecule has 0 radical (unpaired) electrons. The Labute approximate surface area is 147 Å². The normalized spacial score (nSPS) is 20.8. The molecule has 0 aliphatic carbocycles. The van der Waals surface area contributed by atoms with Crippen molar-refractivity contribution in [3.8, 4) is 0 Å². The fourth-order valence-corrected chi connectivity index (χ4v) is 4.88. The number of carboxylic acids is 1. The van der Waals surface area contributed by atoms with Crippen molar-refractivity contribution in [3.63, 3.8) is 0 Å². The number of sulfonamides is 1. The van der Waals surface area contributed by atoms with E-state index in [9.17, 15) is 13.2 Å². The Kier molecular flexibility index (Phi) is 4.45. The Morgan fingerprint density at radius 1 is 1.16 bits per heavy atom. The molecule has 2 aliphatic rings. The summed E-state index contributed by atoms with van der Waals surface area (Å²) in [6, 6.07) is 5.60. The topological polar surface area (TPSA) is 87.0 Å². The zero-order chi connectivity index (χ0) is 18.4. The summed E-state index contributed by atoms with van der Waals surface area (Å²) in [5.41, 5.74) is 3.43. The standard InChI is InChI=1S/C18H22N2O4S/c1-11-4-5-15(10-12(11)2)16-13(3)17(19-25(16,23)24)20-8-6-14(7-9-20)18(21)22/h4-5,10,14H,6-9H2,1-3H3,(H,21,22). The van der Waals surface area contributed by atoms with Gasteiger partial charge in [-0.15, -0.1) is 4.40 Å². The highest BCUT2D eigenvalue weighted by Crippen LogP contribution is 2.35. The van der Waals surface area contributed by atoms with Crippen molar-refractivity contribution in [2.45, 2.75) is 33.6 Å². The summed E-state index contributed by atoms with van der Waals surface area (Å²) in [5, 5.41) is 9.11. The predicted molar refractivity (Wildman–Crippen MR) is 96.8 cm³/mol. The molecule has 25 heavy (non-hydrogen) atoms. The van der Waals surface area contributed by atoms with Gasteiger partial charge in [0.05, 0.1) is 5.92 Å². The zero-order valence-electron chi connectivity index (χ0n) is 14.6. The number of carbonyl (C=O) groups is 1. The third kappa shape index (κ3) is 3.20. The lowest BCUT2D eigenvalue weighted by atomic mass is 9.96. The molecule has 6 nitrogen and oxygen atoms in total. The first kappa shape index (κ1) is 17.7. The van der Waals surface area contributed by atoms with E-state index >= 15 is 0 Å². The van der Waals surface area contributed by atoms with Crippen LogP contribution in [0.4, 0.5) is 0 Å². The second-order valence-electron chi connectivity index (χ2n) is 6.74. The van der Waals surface area contributed by atoms with Crippen LogP contribution >= 0.6 is 0 Å². The molecule has 0 saturated carbocycles. The molecule has 7 heteroatoms. The van der Waals surface area contributed by atoms with Gasteiger partial charge in [-0.3, -0.25) is 4.79 Å². The average molecular weight is 362 g/mol. The molecule has 2 aliphatic heterocycles. The first-order chi connectivity index (χ1) is 11.7. The van der Waals surface area contributed by atoms with Crippen LogP contribution < -0.4 is 0 Å². The molecule has 0 spiro atoms. The van der Waals surface area contributed by atoms with Crippen LogP contribution in [0, 0.1) is 19.8 Å². The van der Waals surface area contributed by atoms with Gasteiger partial charge < -0.3 is 10.0 Å². The molecule has 1 N–H and O–H groups in total. The van der Waals surface area contributed by atoms with E-state index < -0.39 is 16.0 Å². The fourth-order valence-electron chi connectivity index (χ4n) is 3.40. The molecule has 1 fully saturated rings. The number of aliphatic carboxylic acids is 1. The minimum Gasteiger partial charge on any atom is -0.481 e. The molecule has 1 aromatic carbocycles. The van der Waals surface area contributed by atoms with Gasteiger partial charge in [0.2, 0.25) is 0 Å². The van der Waals surface area contributed by atoms with Crippen LogP contribution in [-0.2, 0) is 14.8 Å². The van der Waals surface area contributed by atoms with Gasteiger partial charge in [-0.25, -0.2) is 0 Å². The Morgan fingerprint density at radius 2 is 1.80 bits per heavy atom. The van der Waals surface area contributed by atoms with Gasteiger partial charge in [-0.1, -0.05) is 18.2 Å². The molecule has 1 aromatic rings. The maximum absolute atomic E-state index is 12.6. The minimum atomic E-state index is -3.74. The molecule has 0 amide bonds. The number of carboxylic acid groups (broad SMARTS) is 1. The van der Waals surface area contributed by atoms with Crippen molar-refractivity contribution in [1.82, 2.24) is 4.90 Å². The fraction of sp³-hybridized carbons (Fsp3) is 0.444. The van der Waals surface area contributed by atoms with Gasteiger partial charge in [-0.2, -0.15) is 8.42 Å². The Balaban J connectivity index is 1.94. The molecule has 0 bridgehead atoms. The quantitative estimate of drug-likeness (QED) is 0.874. The summed E-state index contributed by atoms with van der Waals surface area (Å²) in [6.45, 7) is 6.72. The summed E-state index contributed by atoms with van der Waals surface area (Å²) in [7, 11) is -3.74. The zero-order valence-corrected chi connectivity index (χ0v) is 15.4. The van der Waals surface area contributed by atoms with Crippen LogP contribution in [0.5, 0.6) is 0 Å². The van der Waals surface area contributed by atoms with Gasteiger partial charge in [-0.05, 0) is 50.3 Å². The number of piperidine rings is 1. The van der Waals surface area contributed by atoms with Gasteiger partial charge in [0, 0.05) is 18.7 Å². The molecule has 0 aromatic heterocycles. The number of hydrogen-bond donors (Lipinski definition) is 1. The minimum absolute atomic E-state index is 0.256. The monoisotopic (exact) mass is 362 g/mol. The van der Waals surface area contributed by atoms with Gasteiger partial charge in [0.25, 0.3) is 10.0 Å². The highest BCUT2D eigenvalue weighted by molar-refractivity contribution is 8.00. The summed E-state index contributed by atoms with van der Waals surface area (Å²) in [6.07, 6.45) is 1.00. The summed E-state index contributed by atoms with van der Waals surface area (Å²) < 4.78 is 29.3. The lowest BCUT2D eigenvalue weighted by molar-refractivity contribution is -0.143. The van der Waals surface area contributed by atoms with E-state index in [0.29, 0.717) is 42.9 Å². The molecule has 1 saturated heterocycles. The maximum atomic E-state index is 12.6. The van der Waals surface area contributed by atoms with Gasteiger partial charge in [0.15, 0.2) is 0 Å². The molecule has 3 rings (SSSR count).